The summed E-state index contributed by atoms with van der Waals surface area (Å²) in [6, 6.07) is 11.8. The predicted octanol–water partition coefficient (Wildman–Crippen LogP) is 5.38. The first-order chi connectivity index (χ1) is 14.0. The van der Waals surface area contributed by atoms with Gasteiger partial charge in [-0.25, -0.2) is 14.4 Å². The van der Waals surface area contributed by atoms with Crippen LogP contribution in [0.5, 0.6) is 0 Å². The number of Topliss-reactive ketones (excluding diaryl/α,β-unsaturated/α-hetero) is 1. The van der Waals surface area contributed by atoms with E-state index in [1.54, 1.807) is 18.2 Å². The number of thiophene rings is 1. The van der Waals surface area contributed by atoms with Crippen molar-refractivity contribution in [2.45, 2.75) is 5.03 Å². The van der Waals surface area contributed by atoms with Gasteiger partial charge in [-0.1, -0.05) is 36.0 Å². The fourth-order valence-electron chi connectivity index (χ4n) is 2.81. The van der Waals surface area contributed by atoms with Gasteiger partial charge in [0, 0.05) is 28.6 Å². The Bertz CT molecular complexity index is 1230. The van der Waals surface area contributed by atoms with Gasteiger partial charge in [0.25, 0.3) is 5.69 Å². The molecule has 0 aliphatic carbocycles. The van der Waals surface area contributed by atoms with Crippen LogP contribution in [0.2, 0.25) is 0 Å². The van der Waals surface area contributed by atoms with Crippen LogP contribution in [0.1, 0.15) is 10.4 Å². The molecule has 0 bridgehead atoms. The summed E-state index contributed by atoms with van der Waals surface area (Å²) in [4.78, 5) is 32.3. The van der Waals surface area contributed by atoms with Crippen molar-refractivity contribution in [2.75, 3.05) is 5.75 Å². The molecule has 144 valence electrons. The highest BCUT2D eigenvalue weighted by Gasteiger charge is 2.16. The monoisotopic (exact) mass is 425 g/mol. The topological polar surface area (TPSA) is 86.0 Å². The van der Waals surface area contributed by atoms with Gasteiger partial charge in [0.15, 0.2) is 5.78 Å². The van der Waals surface area contributed by atoms with Gasteiger partial charge in [-0.05, 0) is 17.7 Å². The Morgan fingerprint density at radius 3 is 2.72 bits per heavy atom. The second-order valence-corrected chi connectivity index (χ2v) is 7.86. The number of non-ortho nitro benzene ring substituents is 1. The Morgan fingerprint density at radius 2 is 1.97 bits per heavy atom. The number of rotatable bonds is 6. The Hall–Kier alpha value is -3.17. The average molecular weight is 425 g/mol. The fraction of sp³-hybridized carbons (Fsp3) is 0.0500. The Labute approximate surface area is 172 Å². The maximum Gasteiger partial charge on any atom is 0.270 e. The highest BCUT2D eigenvalue weighted by atomic mass is 32.2. The minimum atomic E-state index is -0.530. The van der Waals surface area contributed by atoms with E-state index < -0.39 is 4.92 Å². The SMILES string of the molecule is O=C(CSc1ncnc2scc(-c3ccc(F)cc3)c12)c1cccc([N+](=O)[O-])c1. The van der Waals surface area contributed by atoms with Crippen molar-refractivity contribution in [3.8, 4) is 11.1 Å². The molecule has 0 amide bonds. The van der Waals surface area contributed by atoms with E-state index >= 15 is 0 Å². The third-order valence-electron chi connectivity index (χ3n) is 4.21. The molecule has 0 N–H and O–H groups in total. The van der Waals surface area contributed by atoms with E-state index in [9.17, 15) is 19.3 Å². The predicted molar refractivity (Wildman–Crippen MR) is 111 cm³/mol. The number of aromatic nitrogens is 2. The first-order valence-electron chi connectivity index (χ1n) is 8.41. The summed E-state index contributed by atoms with van der Waals surface area (Å²) in [6.45, 7) is 0. The number of nitro groups is 1. The molecule has 2 aromatic heterocycles. The van der Waals surface area contributed by atoms with E-state index in [1.807, 2.05) is 5.38 Å². The second-order valence-electron chi connectivity index (χ2n) is 6.03. The molecule has 0 spiro atoms. The molecule has 0 aliphatic rings. The van der Waals surface area contributed by atoms with Crippen molar-refractivity contribution in [2.24, 2.45) is 0 Å². The smallest absolute Gasteiger partial charge is 0.270 e. The second kappa shape index (κ2) is 8.06. The number of fused-ring (bicyclic) bond motifs is 1. The van der Waals surface area contributed by atoms with Crippen molar-refractivity contribution in [3.63, 3.8) is 0 Å². The number of halogens is 1. The molecule has 4 rings (SSSR count). The molecule has 0 radical (unpaired) electrons. The van der Waals surface area contributed by atoms with Crippen LogP contribution < -0.4 is 0 Å². The molecule has 0 saturated carbocycles. The molecular weight excluding hydrogens is 413 g/mol. The van der Waals surface area contributed by atoms with Gasteiger partial charge < -0.3 is 0 Å². The van der Waals surface area contributed by atoms with Gasteiger partial charge in [0.1, 0.15) is 22.0 Å². The molecule has 0 aliphatic heterocycles. The van der Waals surface area contributed by atoms with Crippen LogP contribution in [0.15, 0.2) is 65.3 Å². The van der Waals surface area contributed by atoms with Crippen molar-refractivity contribution in [1.82, 2.24) is 9.97 Å². The van der Waals surface area contributed by atoms with Crippen LogP contribution >= 0.6 is 23.1 Å². The van der Waals surface area contributed by atoms with Gasteiger partial charge in [-0.3, -0.25) is 14.9 Å². The highest BCUT2D eigenvalue weighted by molar-refractivity contribution is 8.00. The van der Waals surface area contributed by atoms with E-state index in [1.165, 1.54) is 59.8 Å². The largest absolute Gasteiger partial charge is 0.293 e. The number of hydrogen-bond acceptors (Lipinski definition) is 7. The zero-order valence-electron chi connectivity index (χ0n) is 14.7. The number of carbonyl (C=O) groups excluding carboxylic acids is 1. The zero-order valence-corrected chi connectivity index (χ0v) is 16.4. The Balaban J connectivity index is 1.62. The lowest BCUT2D eigenvalue weighted by molar-refractivity contribution is -0.384. The average Bonchev–Trinajstić information content (AvgIpc) is 3.17. The molecule has 4 aromatic rings. The minimum absolute atomic E-state index is 0.0754. The lowest BCUT2D eigenvalue weighted by Gasteiger charge is -2.05. The number of hydrogen-bond donors (Lipinski definition) is 0. The molecule has 0 unspecified atom stereocenters. The van der Waals surface area contributed by atoms with Crippen molar-refractivity contribution < 1.29 is 14.1 Å². The van der Waals surface area contributed by atoms with Crippen LogP contribution in [-0.2, 0) is 0 Å². The molecular formula is C20H12FN3O3S2. The molecule has 2 aromatic carbocycles. The molecule has 0 atom stereocenters. The summed E-state index contributed by atoms with van der Waals surface area (Å²) in [5.41, 5.74) is 1.86. The summed E-state index contributed by atoms with van der Waals surface area (Å²) < 4.78 is 13.3. The Morgan fingerprint density at radius 1 is 1.17 bits per heavy atom. The van der Waals surface area contributed by atoms with Crippen LogP contribution in [-0.4, -0.2) is 26.4 Å². The summed E-state index contributed by atoms with van der Waals surface area (Å²) >= 11 is 2.69. The zero-order chi connectivity index (χ0) is 20.4. The number of nitrogens with zero attached hydrogens (tertiary/aromatic N) is 3. The molecule has 6 nitrogen and oxygen atoms in total. The minimum Gasteiger partial charge on any atom is -0.293 e. The number of benzene rings is 2. The van der Waals surface area contributed by atoms with Gasteiger partial charge in [0.05, 0.1) is 16.1 Å². The maximum absolute atomic E-state index is 13.3. The standard InChI is InChI=1S/C20H12FN3O3S2/c21-14-6-4-12(5-7-14)16-9-28-19-18(16)20(23-11-22-19)29-10-17(25)13-2-1-3-15(8-13)24(26)27/h1-9,11H,10H2. The first-order valence-corrected chi connectivity index (χ1v) is 10.3. The molecule has 9 heteroatoms. The maximum atomic E-state index is 13.3. The van der Waals surface area contributed by atoms with E-state index in [-0.39, 0.29) is 28.6 Å². The van der Waals surface area contributed by atoms with E-state index in [4.69, 9.17) is 0 Å². The summed E-state index contributed by atoms with van der Waals surface area (Å²) in [6.07, 6.45) is 1.44. The molecule has 2 heterocycles. The fourth-order valence-corrected chi connectivity index (χ4v) is 4.70. The number of nitro benzene ring substituents is 1. The molecule has 0 saturated heterocycles. The normalized spacial score (nSPS) is 10.9. The third-order valence-corrected chi connectivity index (χ3v) is 6.09. The van der Waals surface area contributed by atoms with Crippen LogP contribution in [0.4, 0.5) is 10.1 Å². The van der Waals surface area contributed by atoms with Crippen LogP contribution in [0, 0.1) is 15.9 Å². The van der Waals surface area contributed by atoms with Crippen molar-refractivity contribution in [1.29, 1.82) is 0 Å². The van der Waals surface area contributed by atoms with Crippen LogP contribution in [0.3, 0.4) is 0 Å². The summed E-state index contributed by atoms with van der Waals surface area (Å²) in [5.74, 6) is -0.475. The highest BCUT2D eigenvalue weighted by Crippen LogP contribution is 2.38. The lowest BCUT2D eigenvalue weighted by atomic mass is 10.1. The number of ketones is 1. The van der Waals surface area contributed by atoms with Gasteiger partial charge in [-0.2, -0.15) is 0 Å². The molecule has 29 heavy (non-hydrogen) atoms. The lowest BCUT2D eigenvalue weighted by Crippen LogP contribution is -2.03. The van der Waals surface area contributed by atoms with E-state index in [2.05, 4.69) is 9.97 Å². The number of carbonyl (C=O) groups is 1. The molecule has 0 fully saturated rings. The van der Waals surface area contributed by atoms with Crippen molar-refractivity contribution in [3.05, 3.63) is 81.7 Å². The number of thioether (sulfide) groups is 1. The van der Waals surface area contributed by atoms with Crippen molar-refractivity contribution >= 4 is 44.8 Å². The quantitative estimate of drug-likeness (QED) is 0.136. The third kappa shape index (κ3) is 4.01. The summed E-state index contributed by atoms with van der Waals surface area (Å²) in [7, 11) is 0. The summed E-state index contributed by atoms with van der Waals surface area (Å²) in [5, 5.41) is 14.3. The first kappa shape index (κ1) is 19.2. The van der Waals surface area contributed by atoms with E-state index in [0.717, 1.165) is 21.3 Å². The van der Waals surface area contributed by atoms with Gasteiger partial charge in [0.2, 0.25) is 0 Å². The Kier molecular flexibility index (Phi) is 5.32. The van der Waals surface area contributed by atoms with Crippen LogP contribution in [0.25, 0.3) is 21.3 Å². The van der Waals surface area contributed by atoms with Gasteiger partial charge in [-0.15, -0.1) is 11.3 Å². The van der Waals surface area contributed by atoms with E-state index in [0.29, 0.717) is 5.03 Å². The van der Waals surface area contributed by atoms with Gasteiger partial charge >= 0.3 is 0 Å².